The normalized spacial score (nSPS) is 18.7. The van der Waals surface area contributed by atoms with Gasteiger partial charge in [-0.3, -0.25) is 9.59 Å². The van der Waals surface area contributed by atoms with Crippen LogP contribution in [0, 0.1) is 0 Å². The highest BCUT2D eigenvalue weighted by Gasteiger charge is 2.29. The van der Waals surface area contributed by atoms with Crippen molar-refractivity contribution >= 4 is 27.8 Å². The highest BCUT2D eigenvalue weighted by Crippen LogP contribution is 2.22. The number of piperidine rings is 1. The van der Waals surface area contributed by atoms with Gasteiger partial charge in [-0.15, -0.1) is 0 Å². The molecule has 0 N–H and O–H groups in total. The highest BCUT2D eigenvalue weighted by atomic mass is 79.9. The van der Waals surface area contributed by atoms with Crippen molar-refractivity contribution in [1.29, 1.82) is 0 Å². The molecule has 1 amide bonds. The summed E-state index contributed by atoms with van der Waals surface area (Å²) in [5, 5.41) is 0. The average molecular weight is 341 g/mol. The van der Waals surface area contributed by atoms with Crippen molar-refractivity contribution < 1.29 is 14.3 Å². The van der Waals surface area contributed by atoms with Crippen LogP contribution in [0.5, 0.6) is 0 Å². The van der Waals surface area contributed by atoms with Gasteiger partial charge in [-0.25, -0.2) is 4.98 Å². The number of halogens is 1. The summed E-state index contributed by atoms with van der Waals surface area (Å²) in [6.45, 7) is 0.665. The number of esters is 1. The smallest absolute Gasteiger partial charge is 0.307 e. The van der Waals surface area contributed by atoms with E-state index in [9.17, 15) is 9.59 Å². The zero-order chi connectivity index (χ0) is 14.5. The van der Waals surface area contributed by atoms with E-state index in [-0.39, 0.29) is 24.3 Å². The quantitative estimate of drug-likeness (QED) is 0.792. The summed E-state index contributed by atoms with van der Waals surface area (Å²) in [5.74, 6) is -0.399. The van der Waals surface area contributed by atoms with E-state index < -0.39 is 0 Å². The number of ether oxygens (including phenoxy) is 1. The average Bonchev–Trinajstić information content (AvgIpc) is 2.48. The van der Waals surface area contributed by atoms with E-state index in [2.05, 4.69) is 20.9 Å². The maximum Gasteiger partial charge on any atom is 0.307 e. The van der Waals surface area contributed by atoms with Crippen LogP contribution in [-0.2, 0) is 9.53 Å². The van der Waals surface area contributed by atoms with Crippen molar-refractivity contribution in [2.45, 2.75) is 31.7 Å². The van der Waals surface area contributed by atoms with Crippen molar-refractivity contribution in [3.8, 4) is 0 Å². The monoisotopic (exact) mass is 340 g/mol. The van der Waals surface area contributed by atoms with Gasteiger partial charge in [0, 0.05) is 23.3 Å². The van der Waals surface area contributed by atoms with Gasteiger partial charge in [0.2, 0.25) is 0 Å². The van der Waals surface area contributed by atoms with Crippen molar-refractivity contribution in [2.24, 2.45) is 0 Å². The molecule has 1 aliphatic heterocycles. The van der Waals surface area contributed by atoms with Gasteiger partial charge < -0.3 is 9.64 Å². The number of nitrogens with zero attached hydrogens (tertiary/aromatic N) is 2. The second-order valence-corrected chi connectivity index (χ2v) is 5.71. The number of carbonyl (C=O) groups is 2. The molecule has 0 aliphatic carbocycles. The third-order valence-corrected chi connectivity index (χ3v) is 3.93. The van der Waals surface area contributed by atoms with Gasteiger partial charge >= 0.3 is 5.97 Å². The second kappa shape index (κ2) is 6.83. The van der Waals surface area contributed by atoms with Crippen molar-refractivity contribution in [2.75, 3.05) is 13.7 Å². The molecule has 1 aromatic heterocycles. The lowest BCUT2D eigenvalue weighted by Gasteiger charge is -2.35. The van der Waals surface area contributed by atoms with E-state index in [0.717, 1.165) is 23.7 Å². The Morgan fingerprint density at radius 2 is 2.25 bits per heavy atom. The summed E-state index contributed by atoms with van der Waals surface area (Å²) in [4.78, 5) is 29.8. The minimum Gasteiger partial charge on any atom is -0.469 e. The molecule has 1 aromatic rings. The molecule has 20 heavy (non-hydrogen) atoms. The summed E-state index contributed by atoms with van der Waals surface area (Å²) in [6, 6.07) is 3.39. The minimum atomic E-state index is -0.279. The topological polar surface area (TPSA) is 59.5 Å². The van der Waals surface area contributed by atoms with Crippen LogP contribution in [0.15, 0.2) is 22.8 Å². The van der Waals surface area contributed by atoms with Crippen molar-refractivity contribution in [1.82, 2.24) is 9.88 Å². The molecule has 2 rings (SSSR count). The molecule has 1 atom stereocenters. The molecule has 0 saturated carbocycles. The molecular weight excluding hydrogens is 324 g/mol. The SMILES string of the molecule is COC(=O)CC1CCCCN1C(=O)c1ccc(Br)cn1. The molecule has 0 spiro atoms. The Bertz CT molecular complexity index is 490. The number of amides is 1. The van der Waals surface area contributed by atoms with E-state index in [1.54, 1.807) is 23.2 Å². The van der Waals surface area contributed by atoms with Gasteiger partial charge in [-0.1, -0.05) is 0 Å². The Morgan fingerprint density at radius 3 is 2.90 bits per heavy atom. The molecule has 6 heteroatoms. The number of aromatic nitrogens is 1. The summed E-state index contributed by atoms with van der Waals surface area (Å²) < 4.78 is 5.54. The van der Waals surface area contributed by atoms with Crippen LogP contribution in [0.1, 0.15) is 36.2 Å². The number of methoxy groups -OCH3 is 1. The number of rotatable bonds is 3. The number of hydrogen-bond donors (Lipinski definition) is 0. The van der Waals surface area contributed by atoms with Crippen LogP contribution < -0.4 is 0 Å². The summed E-state index contributed by atoms with van der Waals surface area (Å²) in [7, 11) is 1.37. The lowest BCUT2D eigenvalue weighted by molar-refractivity contribution is -0.142. The Balaban J connectivity index is 2.12. The molecule has 2 heterocycles. The predicted octanol–water partition coefficient (Wildman–Crippen LogP) is 2.40. The number of hydrogen-bond acceptors (Lipinski definition) is 4. The molecule has 1 saturated heterocycles. The van der Waals surface area contributed by atoms with Crippen molar-refractivity contribution in [3.05, 3.63) is 28.5 Å². The van der Waals surface area contributed by atoms with Gasteiger partial charge in [0.1, 0.15) is 5.69 Å². The lowest BCUT2D eigenvalue weighted by atomic mass is 9.99. The first-order chi connectivity index (χ1) is 9.61. The highest BCUT2D eigenvalue weighted by molar-refractivity contribution is 9.10. The Kier molecular flexibility index (Phi) is 5.11. The molecule has 1 unspecified atom stereocenters. The molecular formula is C14H17BrN2O3. The number of carbonyl (C=O) groups excluding carboxylic acids is 2. The van der Waals surface area contributed by atoms with Crippen LogP contribution in [0.3, 0.4) is 0 Å². The molecule has 5 nitrogen and oxygen atoms in total. The molecule has 0 aromatic carbocycles. The summed E-state index contributed by atoms with van der Waals surface area (Å²) >= 11 is 3.30. The van der Waals surface area contributed by atoms with Crippen LogP contribution >= 0.6 is 15.9 Å². The van der Waals surface area contributed by atoms with Gasteiger partial charge in [-0.2, -0.15) is 0 Å². The second-order valence-electron chi connectivity index (χ2n) is 4.79. The largest absolute Gasteiger partial charge is 0.469 e. The summed E-state index contributed by atoms with van der Waals surface area (Å²) in [5.41, 5.74) is 0.407. The van der Waals surface area contributed by atoms with E-state index in [1.165, 1.54) is 7.11 Å². The Morgan fingerprint density at radius 1 is 1.45 bits per heavy atom. The molecule has 108 valence electrons. The maximum absolute atomic E-state index is 12.5. The predicted molar refractivity (Wildman–Crippen MR) is 77.2 cm³/mol. The third-order valence-electron chi connectivity index (χ3n) is 3.46. The lowest BCUT2D eigenvalue weighted by Crippen LogP contribution is -2.45. The molecule has 0 radical (unpaired) electrons. The fourth-order valence-electron chi connectivity index (χ4n) is 2.41. The fraction of sp³-hybridized carbons (Fsp3) is 0.500. The van der Waals surface area contributed by atoms with Crippen LogP contribution in [0.4, 0.5) is 0 Å². The maximum atomic E-state index is 12.5. The standard InChI is InChI=1S/C14H17BrN2O3/c1-20-13(18)8-11-4-2-3-7-17(11)14(19)12-6-5-10(15)9-16-12/h5-6,9,11H,2-4,7-8H2,1H3. The zero-order valence-electron chi connectivity index (χ0n) is 11.3. The fourth-order valence-corrected chi connectivity index (χ4v) is 2.64. The van der Waals surface area contributed by atoms with Crippen LogP contribution in [0.25, 0.3) is 0 Å². The third kappa shape index (κ3) is 3.56. The van der Waals surface area contributed by atoms with E-state index >= 15 is 0 Å². The van der Waals surface area contributed by atoms with Gasteiger partial charge in [0.15, 0.2) is 0 Å². The first kappa shape index (κ1) is 15.0. The number of likely N-dealkylation sites (tertiary alicyclic amines) is 1. The Labute approximate surface area is 126 Å². The van der Waals surface area contributed by atoms with Gasteiger partial charge in [-0.05, 0) is 47.3 Å². The van der Waals surface area contributed by atoms with E-state index in [0.29, 0.717) is 12.2 Å². The zero-order valence-corrected chi connectivity index (χ0v) is 12.9. The van der Waals surface area contributed by atoms with Gasteiger partial charge in [0.25, 0.3) is 5.91 Å². The van der Waals surface area contributed by atoms with E-state index in [1.807, 2.05) is 0 Å². The van der Waals surface area contributed by atoms with Crippen LogP contribution in [0.2, 0.25) is 0 Å². The Hall–Kier alpha value is -1.43. The summed E-state index contributed by atoms with van der Waals surface area (Å²) in [6.07, 6.45) is 4.67. The van der Waals surface area contributed by atoms with E-state index in [4.69, 9.17) is 4.74 Å². The number of pyridine rings is 1. The first-order valence-electron chi connectivity index (χ1n) is 6.61. The molecule has 1 fully saturated rings. The minimum absolute atomic E-state index is 0.0888. The molecule has 0 bridgehead atoms. The first-order valence-corrected chi connectivity index (χ1v) is 7.40. The van der Waals surface area contributed by atoms with Crippen molar-refractivity contribution in [3.63, 3.8) is 0 Å². The van der Waals surface area contributed by atoms with Crippen LogP contribution in [-0.4, -0.2) is 41.5 Å². The molecule has 1 aliphatic rings. The van der Waals surface area contributed by atoms with Gasteiger partial charge in [0.05, 0.1) is 13.5 Å².